The summed E-state index contributed by atoms with van der Waals surface area (Å²) in [6, 6.07) is 7.46. The average molecular weight is 354 g/mol. The van der Waals surface area contributed by atoms with Gasteiger partial charge in [-0.1, -0.05) is 18.2 Å². The molecule has 0 amide bonds. The van der Waals surface area contributed by atoms with E-state index in [1.54, 1.807) is 12.4 Å². The zero-order valence-electron chi connectivity index (χ0n) is 15.4. The molecule has 0 bridgehead atoms. The fourth-order valence-corrected chi connectivity index (χ4v) is 2.72. The van der Waals surface area contributed by atoms with Crippen LogP contribution in [0.25, 0.3) is 11.1 Å². The van der Waals surface area contributed by atoms with E-state index in [9.17, 15) is 4.79 Å². The molecule has 138 valence electrons. The highest BCUT2D eigenvalue weighted by Gasteiger charge is 2.15. The number of ether oxygens (including phenoxy) is 2. The van der Waals surface area contributed by atoms with Crippen LogP contribution in [0.1, 0.15) is 36.4 Å². The first-order valence-corrected chi connectivity index (χ1v) is 8.67. The van der Waals surface area contributed by atoms with E-state index in [4.69, 9.17) is 15.2 Å². The number of allylic oxidation sites excluding steroid dienone is 1. The molecule has 26 heavy (non-hydrogen) atoms. The fraction of sp³-hybridized carbons (Fsp3) is 0.333. The normalized spacial score (nSPS) is 11.7. The first-order valence-electron chi connectivity index (χ1n) is 8.67. The van der Waals surface area contributed by atoms with Crippen LogP contribution in [0.15, 0.2) is 49.3 Å². The highest BCUT2D eigenvalue weighted by molar-refractivity contribution is 5.74. The lowest BCUT2D eigenvalue weighted by Gasteiger charge is -2.16. The molecule has 0 saturated heterocycles. The molecule has 1 atom stereocenters. The first-order chi connectivity index (χ1) is 12.6. The van der Waals surface area contributed by atoms with Gasteiger partial charge in [-0.05, 0) is 43.0 Å². The van der Waals surface area contributed by atoms with Gasteiger partial charge in [-0.3, -0.25) is 9.78 Å². The molecule has 1 aromatic carbocycles. The molecule has 1 heterocycles. The van der Waals surface area contributed by atoms with Crippen molar-refractivity contribution >= 4 is 5.97 Å². The highest BCUT2D eigenvalue weighted by atomic mass is 16.5. The molecule has 2 rings (SSSR count). The molecule has 0 radical (unpaired) electrons. The maximum absolute atomic E-state index is 11.5. The van der Waals surface area contributed by atoms with Crippen LogP contribution in [0, 0.1) is 6.92 Å². The molecule has 0 fully saturated rings. The van der Waals surface area contributed by atoms with Gasteiger partial charge in [0, 0.05) is 29.6 Å². The van der Waals surface area contributed by atoms with E-state index in [0.717, 1.165) is 40.8 Å². The third kappa shape index (κ3) is 5.17. The summed E-state index contributed by atoms with van der Waals surface area (Å²) in [5.41, 5.74) is 9.91. The Morgan fingerprint density at radius 1 is 1.38 bits per heavy atom. The first kappa shape index (κ1) is 19.7. The van der Waals surface area contributed by atoms with E-state index in [-0.39, 0.29) is 12.4 Å². The van der Waals surface area contributed by atoms with Gasteiger partial charge in [0.2, 0.25) is 0 Å². The van der Waals surface area contributed by atoms with Gasteiger partial charge in [-0.25, -0.2) is 0 Å². The summed E-state index contributed by atoms with van der Waals surface area (Å²) in [7, 11) is 1.35. The minimum Gasteiger partial charge on any atom is -0.493 e. The lowest BCUT2D eigenvalue weighted by Crippen LogP contribution is -2.16. The Morgan fingerprint density at radius 2 is 2.19 bits per heavy atom. The highest BCUT2D eigenvalue weighted by Crippen LogP contribution is 2.34. The number of pyridine rings is 1. The molecule has 2 aromatic rings. The number of rotatable bonds is 9. The molecule has 0 spiro atoms. The number of benzene rings is 1. The predicted octanol–water partition coefficient (Wildman–Crippen LogP) is 3.96. The number of carbonyl (C=O) groups excluding carboxylic acids is 1. The van der Waals surface area contributed by atoms with Crippen LogP contribution < -0.4 is 10.5 Å². The standard InChI is InChI=1S/C21H26N2O3/c1-4-5-6-10-26-19-9-7-8-15(2)21(19)17-11-16(13-23-14-17)18(22)12-20(24)25-3/h4,7-9,11,13-14,18H,1,5-6,10,12,22H2,2-3H3. The second-order valence-electron chi connectivity index (χ2n) is 6.12. The molecular weight excluding hydrogens is 328 g/mol. The molecule has 0 saturated carbocycles. The Balaban J connectivity index is 2.28. The number of aromatic nitrogens is 1. The maximum atomic E-state index is 11.5. The van der Waals surface area contributed by atoms with Crippen molar-refractivity contribution in [1.29, 1.82) is 0 Å². The monoisotopic (exact) mass is 354 g/mol. The van der Waals surface area contributed by atoms with Crippen LogP contribution in [0.4, 0.5) is 0 Å². The molecule has 2 N–H and O–H groups in total. The van der Waals surface area contributed by atoms with E-state index in [0.29, 0.717) is 6.61 Å². The van der Waals surface area contributed by atoms with Crippen LogP contribution in [0.2, 0.25) is 0 Å². The fourth-order valence-electron chi connectivity index (χ4n) is 2.72. The quantitative estimate of drug-likeness (QED) is 0.419. The van der Waals surface area contributed by atoms with E-state index in [1.165, 1.54) is 7.11 Å². The second kappa shape index (κ2) is 9.73. The number of nitrogens with zero attached hydrogens (tertiary/aromatic N) is 1. The molecule has 5 nitrogen and oxygen atoms in total. The van der Waals surface area contributed by atoms with Gasteiger partial charge < -0.3 is 15.2 Å². The summed E-state index contributed by atoms with van der Waals surface area (Å²) in [5.74, 6) is 0.472. The Morgan fingerprint density at radius 3 is 2.92 bits per heavy atom. The molecule has 0 aliphatic rings. The number of hydrogen-bond acceptors (Lipinski definition) is 5. The summed E-state index contributed by atoms with van der Waals surface area (Å²) in [6.45, 7) is 6.39. The van der Waals surface area contributed by atoms with E-state index < -0.39 is 6.04 Å². The van der Waals surface area contributed by atoms with E-state index in [1.807, 2.05) is 37.3 Å². The number of esters is 1. The van der Waals surface area contributed by atoms with Gasteiger partial charge in [0.25, 0.3) is 0 Å². The topological polar surface area (TPSA) is 74.4 Å². The van der Waals surface area contributed by atoms with Crippen molar-refractivity contribution in [3.05, 3.63) is 60.4 Å². The SMILES string of the molecule is C=CCCCOc1cccc(C)c1-c1cncc(C(N)CC(=O)OC)c1. The molecule has 0 aliphatic carbocycles. The van der Waals surface area contributed by atoms with Crippen LogP contribution in [-0.4, -0.2) is 24.7 Å². The summed E-state index contributed by atoms with van der Waals surface area (Å²) in [6.07, 6.45) is 7.30. The third-order valence-corrected chi connectivity index (χ3v) is 4.14. The van der Waals surface area contributed by atoms with Crippen molar-refractivity contribution in [3.8, 4) is 16.9 Å². The Hall–Kier alpha value is -2.66. The summed E-state index contributed by atoms with van der Waals surface area (Å²) >= 11 is 0. The van der Waals surface area contributed by atoms with Crippen molar-refractivity contribution in [3.63, 3.8) is 0 Å². The molecular formula is C21H26N2O3. The third-order valence-electron chi connectivity index (χ3n) is 4.14. The minimum atomic E-state index is -0.462. The lowest BCUT2D eigenvalue weighted by atomic mass is 9.97. The van der Waals surface area contributed by atoms with Gasteiger partial charge in [-0.15, -0.1) is 6.58 Å². The van der Waals surface area contributed by atoms with Gasteiger partial charge in [-0.2, -0.15) is 0 Å². The number of nitrogens with two attached hydrogens (primary N) is 1. The smallest absolute Gasteiger partial charge is 0.307 e. The van der Waals surface area contributed by atoms with Crippen molar-refractivity contribution in [2.24, 2.45) is 5.73 Å². The summed E-state index contributed by atoms with van der Waals surface area (Å²) in [5, 5.41) is 0. The van der Waals surface area contributed by atoms with E-state index >= 15 is 0 Å². The molecule has 0 aliphatic heterocycles. The van der Waals surface area contributed by atoms with E-state index in [2.05, 4.69) is 11.6 Å². The Bertz CT molecular complexity index is 759. The average Bonchev–Trinajstić information content (AvgIpc) is 2.65. The van der Waals surface area contributed by atoms with Crippen molar-refractivity contribution in [1.82, 2.24) is 4.98 Å². The van der Waals surface area contributed by atoms with Crippen LogP contribution >= 0.6 is 0 Å². The Kier molecular flexibility index (Phi) is 7.36. The number of unbranched alkanes of at least 4 members (excludes halogenated alkanes) is 1. The van der Waals surface area contributed by atoms with Crippen molar-refractivity contribution in [2.45, 2.75) is 32.2 Å². The zero-order valence-corrected chi connectivity index (χ0v) is 15.4. The molecule has 1 aromatic heterocycles. The molecule has 5 heteroatoms. The minimum absolute atomic E-state index is 0.111. The summed E-state index contributed by atoms with van der Waals surface area (Å²) < 4.78 is 10.7. The molecule has 1 unspecified atom stereocenters. The van der Waals surface area contributed by atoms with Gasteiger partial charge in [0.1, 0.15) is 5.75 Å². The lowest BCUT2D eigenvalue weighted by molar-refractivity contribution is -0.141. The van der Waals surface area contributed by atoms with Gasteiger partial charge >= 0.3 is 5.97 Å². The van der Waals surface area contributed by atoms with Crippen LogP contribution in [0.5, 0.6) is 5.75 Å². The maximum Gasteiger partial charge on any atom is 0.307 e. The van der Waals surface area contributed by atoms with Crippen molar-refractivity contribution < 1.29 is 14.3 Å². The van der Waals surface area contributed by atoms with Crippen LogP contribution in [-0.2, 0) is 9.53 Å². The largest absolute Gasteiger partial charge is 0.493 e. The number of carbonyl (C=O) groups is 1. The zero-order chi connectivity index (χ0) is 18.9. The Labute approximate surface area is 154 Å². The van der Waals surface area contributed by atoms with Crippen LogP contribution in [0.3, 0.4) is 0 Å². The summed E-state index contributed by atoms with van der Waals surface area (Å²) in [4.78, 5) is 15.8. The van der Waals surface area contributed by atoms with Crippen molar-refractivity contribution in [2.75, 3.05) is 13.7 Å². The van der Waals surface area contributed by atoms with Gasteiger partial charge in [0.15, 0.2) is 0 Å². The number of hydrogen-bond donors (Lipinski definition) is 1. The number of aryl methyl sites for hydroxylation is 1. The second-order valence-corrected chi connectivity index (χ2v) is 6.12. The van der Waals surface area contributed by atoms with Gasteiger partial charge in [0.05, 0.1) is 20.1 Å². The number of methoxy groups -OCH3 is 1. The predicted molar refractivity (Wildman–Crippen MR) is 103 cm³/mol.